The van der Waals surface area contributed by atoms with Crippen molar-refractivity contribution < 1.29 is 4.11 Å². The van der Waals surface area contributed by atoms with Crippen LogP contribution in [0.2, 0.25) is 10.0 Å². The number of hydrogen-bond donors (Lipinski definition) is 0. The summed E-state index contributed by atoms with van der Waals surface area (Å²) in [5.41, 5.74) is 30.9. The molecular formula is C136H124Cl2N8. The van der Waals surface area contributed by atoms with Crippen molar-refractivity contribution in [2.45, 2.75) is 145 Å². The second-order valence-electron chi connectivity index (χ2n) is 43.6. The monoisotopic (exact) mass is 1940 g/mol. The quantitative estimate of drug-likeness (QED) is 0.0965. The van der Waals surface area contributed by atoms with Crippen LogP contribution in [0.15, 0.2) is 443 Å². The topological polar surface area (TPSA) is 32.7 Å². The molecule has 23 aromatic rings. The fraction of sp³-hybridized carbons (Fsp3) is 0.162. The van der Waals surface area contributed by atoms with E-state index in [2.05, 4.69) is 579 Å². The Bertz CT molecular complexity index is 8250. The van der Waals surface area contributed by atoms with Gasteiger partial charge in [-0.05, 0) is 274 Å². The minimum absolute atomic E-state index is 0.00916. The lowest BCUT2D eigenvalue weighted by molar-refractivity contribution is 0.590. The van der Waals surface area contributed by atoms with Gasteiger partial charge in [-0.2, -0.15) is 0 Å². The maximum Gasteiger partial charge on any atom is 0.0887 e. The first-order chi connectivity index (χ1) is 71.5. The van der Waals surface area contributed by atoms with E-state index in [1.165, 1.54) is 93.0 Å². The third kappa shape index (κ3) is 18.6. The van der Waals surface area contributed by atoms with Crippen LogP contribution in [-0.4, -0.2) is 18.3 Å². The summed E-state index contributed by atoms with van der Waals surface area (Å²) < 4.78 is 36.5. The molecule has 4 heterocycles. The number of aryl methyl sites for hydroxylation is 2. The van der Waals surface area contributed by atoms with E-state index < -0.39 is 6.85 Å². The fourth-order valence-corrected chi connectivity index (χ4v) is 21.5. The molecule has 10 heteroatoms. The van der Waals surface area contributed by atoms with Crippen molar-refractivity contribution in [2.24, 2.45) is 0 Å². The van der Waals surface area contributed by atoms with Crippen LogP contribution in [0.25, 0.3) is 110 Å². The standard InChI is InChI=1S/2C63H55ClN4.C10H14/c2*1-42-38-59(65(45-34-30-43(31-35-45)62(2,3)4)47-18-16-20-49(40-47)67-55-26-12-8-22-51(55)52-23-9-13-27-56(52)67)61(64)60(39-42)66(46-36-32-44(33-37-46)63(5,6)7)48-19-17-21-50(41-48)68-57-28-14-10-24-53(57)54-25-11-15-29-58(54)68;1-10(2,3)9-7-5-4-6-8-9/h2*8-41H,1-7H3;4-8H,1-3H3/i1D3;;. The van der Waals surface area contributed by atoms with E-state index in [1.807, 2.05) is 0 Å². The van der Waals surface area contributed by atoms with Crippen LogP contribution in [0.5, 0.6) is 0 Å². The molecule has 0 amide bonds. The van der Waals surface area contributed by atoms with Crippen molar-refractivity contribution in [3.63, 3.8) is 0 Å². The average Bonchev–Trinajstić information content (AvgIpc) is 1.49. The van der Waals surface area contributed by atoms with Crippen LogP contribution >= 0.6 is 23.2 Å². The van der Waals surface area contributed by atoms with Gasteiger partial charge in [0, 0.05) is 115 Å². The van der Waals surface area contributed by atoms with Gasteiger partial charge >= 0.3 is 0 Å². The van der Waals surface area contributed by atoms with E-state index in [0.717, 1.165) is 107 Å². The normalized spacial score (nSPS) is 12.5. The first-order valence-corrected chi connectivity index (χ1v) is 51.4. The van der Waals surface area contributed by atoms with E-state index in [0.29, 0.717) is 26.8 Å². The number of anilines is 12. The van der Waals surface area contributed by atoms with Gasteiger partial charge in [-0.25, -0.2) is 0 Å². The Morgan fingerprint density at radius 2 is 0.363 bits per heavy atom. The fourth-order valence-electron chi connectivity index (χ4n) is 21.0. The molecule has 0 aliphatic rings. The van der Waals surface area contributed by atoms with Crippen LogP contribution in [0.3, 0.4) is 0 Å². The van der Waals surface area contributed by atoms with E-state index in [9.17, 15) is 0 Å². The molecule has 23 rings (SSSR count). The zero-order chi connectivity index (χ0) is 104. The molecule has 0 N–H and O–H groups in total. The maximum absolute atomic E-state index is 9.04. The molecule has 0 radical (unpaired) electrons. The van der Waals surface area contributed by atoms with Crippen molar-refractivity contribution in [1.82, 2.24) is 18.3 Å². The number of halogens is 2. The summed E-state index contributed by atoms with van der Waals surface area (Å²) in [6.07, 6.45) is 0. The van der Waals surface area contributed by atoms with E-state index in [1.54, 1.807) is 12.1 Å². The van der Waals surface area contributed by atoms with Crippen molar-refractivity contribution in [2.75, 3.05) is 19.6 Å². The van der Waals surface area contributed by atoms with Crippen LogP contribution in [-0.2, 0) is 27.1 Å². The van der Waals surface area contributed by atoms with Crippen molar-refractivity contribution in [3.8, 4) is 22.7 Å². The molecule has 19 aromatic carbocycles. The zero-order valence-electron chi connectivity index (χ0n) is 89.0. The lowest BCUT2D eigenvalue weighted by Gasteiger charge is -2.32. The Balaban J connectivity index is 0.000000159. The predicted octanol–water partition coefficient (Wildman–Crippen LogP) is 39.7. The third-order valence-corrected chi connectivity index (χ3v) is 29.3. The van der Waals surface area contributed by atoms with Gasteiger partial charge in [-0.15, -0.1) is 0 Å². The van der Waals surface area contributed by atoms with Crippen LogP contribution in [0.4, 0.5) is 68.2 Å². The molecule has 146 heavy (non-hydrogen) atoms. The smallest absolute Gasteiger partial charge is 0.0887 e. The summed E-state index contributed by atoms with van der Waals surface area (Å²) in [6, 6.07) is 157. The Morgan fingerprint density at radius 3 is 0.548 bits per heavy atom. The van der Waals surface area contributed by atoms with E-state index in [4.69, 9.17) is 27.3 Å². The van der Waals surface area contributed by atoms with Gasteiger partial charge in [0.15, 0.2) is 0 Å². The van der Waals surface area contributed by atoms with Crippen LogP contribution in [0, 0.1) is 13.8 Å². The third-order valence-electron chi connectivity index (χ3n) is 28.5. The summed E-state index contributed by atoms with van der Waals surface area (Å²) in [4.78, 5) is 8.89. The molecular weight excluding hydrogens is 1820 g/mol. The number of rotatable bonds is 16. The van der Waals surface area contributed by atoms with Gasteiger partial charge < -0.3 is 37.9 Å². The maximum atomic E-state index is 9.04. The first kappa shape index (κ1) is 92.6. The Labute approximate surface area is 873 Å². The van der Waals surface area contributed by atoms with Crippen molar-refractivity contribution >= 4 is 179 Å². The number of para-hydroxylation sites is 8. The Kier molecular flexibility index (Phi) is 24.5. The van der Waals surface area contributed by atoms with Crippen molar-refractivity contribution in [3.05, 3.63) is 492 Å². The molecule has 8 nitrogen and oxygen atoms in total. The molecule has 0 aliphatic heterocycles. The zero-order valence-corrected chi connectivity index (χ0v) is 87.5. The largest absolute Gasteiger partial charge is 0.309 e. The molecule has 0 saturated carbocycles. The lowest BCUT2D eigenvalue weighted by atomic mass is 9.87. The highest BCUT2D eigenvalue weighted by Gasteiger charge is 2.31. The number of nitrogens with zero attached hydrogens (tertiary/aromatic N) is 8. The molecule has 0 atom stereocenters. The van der Waals surface area contributed by atoms with Crippen LogP contribution in [0.1, 0.15) is 147 Å². The van der Waals surface area contributed by atoms with E-state index in [-0.39, 0.29) is 27.2 Å². The highest BCUT2D eigenvalue weighted by atomic mass is 35.5. The van der Waals surface area contributed by atoms with Gasteiger partial charge in [0.25, 0.3) is 0 Å². The summed E-state index contributed by atoms with van der Waals surface area (Å²) in [6.45, 7) is 33.2. The number of benzene rings is 19. The highest BCUT2D eigenvalue weighted by Crippen LogP contribution is 2.53. The molecule has 0 bridgehead atoms. The van der Waals surface area contributed by atoms with E-state index >= 15 is 0 Å². The van der Waals surface area contributed by atoms with Gasteiger partial charge in [0.05, 0.1) is 76.9 Å². The molecule has 722 valence electrons. The van der Waals surface area contributed by atoms with Crippen molar-refractivity contribution in [1.29, 1.82) is 0 Å². The molecule has 0 spiro atoms. The average molecular weight is 1940 g/mol. The highest BCUT2D eigenvalue weighted by molar-refractivity contribution is 6.37. The minimum Gasteiger partial charge on any atom is -0.309 e. The van der Waals surface area contributed by atoms with Gasteiger partial charge in [-0.3, -0.25) is 0 Å². The lowest BCUT2D eigenvalue weighted by Crippen LogP contribution is -2.16. The molecule has 0 aliphatic carbocycles. The SMILES string of the molecule is CC(C)(C)c1ccccc1.Cc1cc(N(c2ccc(C(C)(C)C)cc2)c2cccc(-n3c4ccccc4c4ccccc43)c2)c(Cl)c(N(c2ccc(C(C)(C)C)cc2)c2cccc(-n3c4ccccc4c4ccccc43)c2)c1.[2H]C([2H])([2H])c1cc(N(c2ccc(C(C)(C)C)cc2)c2cccc(-n3c4ccccc4c4ccccc43)c2)c(Cl)c(N(c2ccc(C(C)(C)C)cc2)c2cccc(-n3c4ccccc4c4ccccc43)c2)c1. The summed E-state index contributed by atoms with van der Waals surface area (Å²) in [5.74, 6) is 0. The molecule has 4 aromatic heterocycles. The minimum atomic E-state index is -2.49. The Hall–Kier alpha value is -15.8. The summed E-state index contributed by atoms with van der Waals surface area (Å²) >= 11 is 16.1. The molecule has 0 fully saturated rings. The summed E-state index contributed by atoms with van der Waals surface area (Å²) in [7, 11) is 0. The predicted molar refractivity (Wildman–Crippen MR) is 628 cm³/mol. The molecule has 0 unspecified atom stereocenters. The number of fused-ring (bicyclic) bond motifs is 12. The second kappa shape index (κ2) is 38.7. The second-order valence-corrected chi connectivity index (χ2v) is 44.4. The van der Waals surface area contributed by atoms with Gasteiger partial charge in [-0.1, -0.05) is 376 Å². The van der Waals surface area contributed by atoms with Crippen LogP contribution < -0.4 is 19.6 Å². The summed E-state index contributed by atoms with van der Waals surface area (Å²) in [5, 5.41) is 10.6. The number of hydrogen-bond acceptors (Lipinski definition) is 4. The molecule has 0 saturated heterocycles. The Morgan fingerprint density at radius 1 is 0.185 bits per heavy atom. The van der Waals surface area contributed by atoms with Gasteiger partial charge in [0.1, 0.15) is 0 Å². The first-order valence-electron chi connectivity index (χ1n) is 52.2. The van der Waals surface area contributed by atoms with Gasteiger partial charge in [0.2, 0.25) is 0 Å². The number of aromatic nitrogens is 4.